The monoisotopic (exact) mass is 318 g/mol. The molecule has 0 saturated heterocycles. The SMILES string of the molecule is O=C(OC(c1ccccc1)c1ccccc1)c1ccccc1CO. The fourth-order valence-corrected chi connectivity index (χ4v) is 2.61. The van der Waals surface area contributed by atoms with Crippen LogP contribution in [0.4, 0.5) is 0 Å². The average Bonchev–Trinajstić information content (AvgIpc) is 2.67. The molecule has 0 radical (unpaired) electrons. The van der Waals surface area contributed by atoms with Gasteiger partial charge in [-0.2, -0.15) is 0 Å². The molecule has 0 amide bonds. The summed E-state index contributed by atoms with van der Waals surface area (Å²) in [6, 6.07) is 26.2. The lowest BCUT2D eigenvalue weighted by Crippen LogP contribution is -2.14. The van der Waals surface area contributed by atoms with Crippen molar-refractivity contribution >= 4 is 5.97 Å². The summed E-state index contributed by atoms with van der Waals surface area (Å²) in [5.41, 5.74) is 2.75. The fraction of sp³-hybridized carbons (Fsp3) is 0.0952. The van der Waals surface area contributed by atoms with Gasteiger partial charge in [-0.3, -0.25) is 0 Å². The molecule has 0 spiro atoms. The molecule has 120 valence electrons. The van der Waals surface area contributed by atoms with E-state index in [0.29, 0.717) is 11.1 Å². The minimum Gasteiger partial charge on any atom is -0.449 e. The minimum absolute atomic E-state index is 0.202. The molecule has 0 saturated carbocycles. The van der Waals surface area contributed by atoms with E-state index in [2.05, 4.69) is 0 Å². The van der Waals surface area contributed by atoms with Gasteiger partial charge in [0, 0.05) is 0 Å². The smallest absolute Gasteiger partial charge is 0.339 e. The highest BCUT2D eigenvalue weighted by Gasteiger charge is 2.21. The van der Waals surface area contributed by atoms with E-state index >= 15 is 0 Å². The molecule has 0 aliphatic carbocycles. The van der Waals surface area contributed by atoms with Gasteiger partial charge in [0.05, 0.1) is 12.2 Å². The largest absolute Gasteiger partial charge is 0.449 e. The predicted octanol–water partition coefficient (Wildman–Crippen LogP) is 4.13. The number of hydrogen-bond acceptors (Lipinski definition) is 3. The number of aliphatic hydroxyl groups excluding tert-OH is 1. The maximum atomic E-state index is 12.6. The molecular formula is C21H18O3. The standard InChI is InChI=1S/C21H18O3/c22-15-18-13-7-8-14-19(18)21(23)24-20(16-9-3-1-4-10-16)17-11-5-2-6-12-17/h1-14,20,22H,15H2. The molecule has 24 heavy (non-hydrogen) atoms. The summed E-state index contributed by atoms with van der Waals surface area (Å²) < 4.78 is 5.80. The van der Waals surface area contributed by atoms with Crippen LogP contribution in [0.5, 0.6) is 0 Å². The van der Waals surface area contributed by atoms with Gasteiger partial charge in [-0.05, 0) is 22.8 Å². The Morgan fingerprint density at radius 3 is 1.83 bits per heavy atom. The zero-order valence-corrected chi connectivity index (χ0v) is 13.1. The summed E-state index contributed by atoms with van der Waals surface area (Å²) in [4.78, 5) is 12.6. The lowest BCUT2D eigenvalue weighted by molar-refractivity contribution is 0.0374. The summed E-state index contributed by atoms with van der Waals surface area (Å²) in [7, 11) is 0. The third-order valence-electron chi connectivity index (χ3n) is 3.84. The van der Waals surface area contributed by atoms with E-state index in [1.807, 2.05) is 60.7 Å². The first-order valence-corrected chi connectivity index (χ1v) is 7.79. The van der Waals surface area contributed by atoms with Crippen molar-refractivity contribution in [2.75, 3.05) is 0 Å². The lowest BCUT2D eigenvalue weighted by atomic mass is 10.0. The molecular weight excluding hydrogens is 300 g/mol. The molecule has 0 unspecified atom stereocenters. The number of rotatable bonds is 5. The molecule has 0 aliphatic heterocycles. The molecule has 0 bridgehead atoms. The third-order valence-corrected chi connectivity index (χ3v) is 3.84. The fourth-order valence-electron chi connectivity index (χ4n) is 2.61. The van der Waals surface area contributed by atoms with Crippen molar-refractivity contribution in [1.29, 1.82) is 0 Å². The van der Waals surface area contributed by atoms with Crippen LogP contribution in [0, 0.1) is 0 Å². The van der Waals surface area contributed by atoms with Gasteiger partial charge in [0.2, 0.25) is 0 Å². The lowest BCUT2D eigenvalue weighted by Gasteiger charge is -2.19. The molecule has 0 aliphatic rings. The number of benzene rings is 3. The van der Waals surface area contributed by atoms with Gasteiger partial charge in [0.25, 0.3) is 0 Å². The highest BCUT2D eigenvalue weighted by Crippen LogP contribution is 2.27. The maximum absolute atomic E-state index is 12.6. The molecule has 0 heterocycles. The van der Waals surface area contributed by atoms with E-state index in [0.717, 1.165) is 11.1 Å². The molecule has 0 fully saturated rings. The predicted molar refractivity (Wildman–Crippen MR) is 92.5 cm³/mol. The van der Waals surface area contributed by atoms with Crippen molar-refractivity contribution in [1.82, 2.24) is 0 Å². The first kappa shape index (κ1) is 16.0. The normalized spacial score (nSPS) is 10.6. The van der Waals surface area contributed by atoms with E-state index in [1.165, 1.54) is 0 Å². The second kappa shape index (κ2) is 7.57. The van der Waals surface area contributed by atoms with Crippen LogP contribution in [-0.2, 0) is 11.3 Å². The minimum atomic E-state index is -0.494. The summed E-state index contributed by atoms with van der Waals surface area (Å²) in [5.74, 6) is -0.447. The van der Waals surface area contributed by atoms with Crippen LogP contribution in [0.25, 0.3) is 0 Å². The zero-order valence-electron chi connectivity index (χ0n) is 13.1. The van der Waals surface area contributed by atoms with Crippen molar-refractivity contribution in [3.8, 4) is 0 Å². The number of ether oxygens (including phenoxy) is 1. The average molecular weight is 318 g/mol. The Hall–Kier alpha value is -2.91. The quantitative estimate of drug-likeness (QED) is 0.720. The van der Waals surface area contributed by atoms with Gasteiger partial charge in [0.15, 0.2) is 6.10 Å². The van der Waals surface area contributed by atoms with Gasteiger partial charge < -0.3 is 9.84 Å². The Balaban J connectivity index is 1.94. The number of aliphatic hydroxyl groups is 1. The van der Waals surface area contributed by atoms with Gasteiger partial charge in [-0.1, -0.05) is 78.9 Å². The first-order chi connectivity index (χ1) is 11.8. The highest BCUT2D eigenvalue weighted by molar-refractivity contribution is 5.91. The molecule has 3 rings (SSSR count). The number of hydrogen-bond donors (Lipinski definition) is 1. The van der Waals surface area contributed by atoms with Crippen molar-refractivity contribution in [3.05, 3.63) is 107 Å². The van der Waals surface area contributed by atoms with Crippen LogP contribution in [0.2, 0.25) is 0 Å². The van der Waals surface area contributed by atoms with E-state index in [4.69, 9.17) is 4.74 Å². The summed E-state index contributed by atoms with van der Waals surface area (Å²) in [6.45, 7) is -0.202. The van der Waals surface area contributed by atoms with Gasteiger partial charge in [0.1, 0.15) is 0 Å². The Bertz CT molecular complexity index is 758. The van der Waals surface area contributed by atoms with Crippen molar-refractivity contribution in [2.24, 2.45) is 0 Å². The number of esters is 1. The maximum Gasteiger partial charge on any atom is 0.339 e. The van der Waals surface area contributed by atoms with Crippen molar-refractivity contribution in [2.45, 2.75) is 12.7 Å². The van der Waals surface area contributed by atoms with Crippen LogP contribution >= 0.6 is 0 Å². The summed E-state index contributed by atoms with van der Waals surface area (Å²) >= 11 is 0. The molecule has 1 N–H and O–H groups in total. The van der Waals surface area contributed by atoms with Crippen LogP contribution < -0.4 is 0 Å². The van der Waals surface area contributed by atoms with Crippen LogP contribution in [0.3, 0.4) is 0 Å². The van der Waals surface area contributed by atoms with Crippen molar-refractivity contribution in [3.63, 3.8) is 0 Å². The third kappa shape index (κ3) is 3.53. The van der Waals surface area contributed by atoms with Crippen molar-refractivity contribution < 1.29 is 14.6 Å². The molecule has 3 nitrogen and oxygen atoms in total. The van der Waals surface area contributed by atoms with E-state index in [1.54, 1.807) is 24.3 Å². The van der Waals surface area contributed by atoms with E-state index in [-0.39, 0.29) is 6.61 Å². The van der Waals surface area contributed by atoms with Crippen LogP contribution in [0.1, 0.15) is 33.2 Å². The Morgan fingerprint density at radius 2 is 1.29 bits per heavy atom. The second-order valence-corrected chi connectivity index (χ2v) is 5.42. The molecule has 3 aromatic carbocycles. The van der Waals surface area contributed by atoms with Gasteiger partial charge in [-0.25, -0.2) is 4.79 Å². The molecule has 0 aromatic heterocycles. The Kier molecular flexibility index (Phi) is 5.04. The molecule has 3 aromatic rings. The van der Waals surface area contributed by atoms with Crippen LogP contribution in [0.15, 0.2) is 84.9 Å². The number of carbonyl (C=O) groups is 1. The summed E-state index contributed by atoms with van der Waals surface area (Å²) in [6.07, 6.45) is -0.494. The first-order valence-electron chi connectivity index (χ1n) is 7.79. The van der Waals surface area contributed by atoms with E-state index in [9.17, 15) is 9.90 Å². The van der Waals surface area contributed by atoms with Gasteiger partial charge in [-0.15, -0.1) is 0 Å². The number of carbonyl (C=O) groups excluding carboxylic acids is 1. The van der Waals surface area contributed by atoms with Gasteiger partial charge >= 0.3 is 5.97 Å². The summed E-state index contributed by atoms with van der Waals surface area (Å²) in [5, 5.41) is 9.43. The Labute approximate surface area is 141 Å². The van der Waals surface area contributed by atoms with Crippen LogP contribution in [-0.4, -0.2) is 11.1 Å². The van der Waals surface area contributed by atoms with E-state index < -0.39 is 12.1 Å². The highest BCUT2D eigenvalue weighted by atomic mass is 16.5. The molecule has 0 atom stereocenters. The second-order valence-electron chi connectivity index (χ2n) is 5.42. The zero-order chi connectivity index (χ0) is 16.8. The Morgan fingerprint density at radius 1 is 0.792 bits per heavy atom. The molecule has 3 heteroatoms. The topological polar surface area (TPSA) is 46.5 Å².